The SMILES string of the molecule is NC(Cn1c(=O)c2c(n(Cc3c(F)cccc3C(F)(F)F)c1=O)[C@@H](Cc1ccc(=O)[nH]c1)OC21CCNCC1)c1ccccc1. The van der Waals surface area contributed by atoms with Gasteiger partial charge in [-0.2, -0.15) is 13.2 Å². The van der Waals surface area contributed by atoms with E-state index >= 15 is 4.39 Å². The first-order valence-electron chi connectivity index (χ1n) is 14.6. The largest absolute Gasteiger partial charge is 0.416 e. The second kappa shape index (κ2) is 11.9. The number of aromatic amines is 1. The van der Waals surface area contributed by atoms with Gasteiger partial charge in [-0.3, -0.25) is 18.7 Å². The molecule has 0 radical (unpaired) electrons. The highest BCUT2D eigenvalue weighted by Crippen LogP contribution is 2.48. The number of hydrogen-bond donors (Lipinski definition) is 3. The molecule has 0 bridgehead atoms. The van der Waals surface area contributed by atoms with Crippen LogP contribution in [0.1, 0.15) is 58.5 Å². The van der Waals surface area contributed by atoms with Crippen LogP contribution in [0, 0.1) is 5.82 Å². The third-order valence-corrected chi connectivity index (χ3v) is 8.62. The molecule has 0 aliphatic carbocycles. The van der Waals surface area contributed by atoms with Gasteiger partial charge in [0.1, 0.15) is 17.5 Å². The van der Waals surface area contributed by atoms with Crippen LogP contribution >= 0.6 is 0 Å². The number of pyridine rings is 1. The summed E-state index contributed by atoms with van der Waals surface area (Å²) in [5.41, 5.74) is 2.92. The number of nitrogens with zero attached hydrogens (tertiary/aromatic N) is 2. The van der Waals surface area contributed by atoms with E-state index in [1.54, 1.807) is 36.4 Å². The number of nitrogens with two attached hydrogens (primary N) is 1. The highest BCUT2D eigenvalue weighted by Gasteiger charge is 2.50. The average molecular weight is 626 g/mol. The number of H-pyrrole nitrogens is 1. The van der Waals surface area contributed by atoms with E-state index in [4.69, 9.17) is 10.5 Å². The summed E-state index contributed by atoms with van der Waals surface area (Å²) >= 11 is 0. The monoisotopic (exact) mass is 625 g/mol. The Bertz CT molecular complexity index is 1870. The van der Waals surface area contributed by atoms with Crippen molar-refractivity contribution >= 4 is 0 Å². The summed E-state index contributed by atoms with van der Waals surface area (Å²) in [6.07, 6.45) is -3.59. The van der Waals surface area contributed by atoms with Crippen LogP contribution in [-0.2, 0) is 36.0 Å². The van der Waals surface area contributed by atoms with Crippen molar-refractivity contribution in [2.24, 2.45) is 5.73 Å². The van der Waals surface area contributed by atoms with E-state index in [-0.39, 0.29) is 29.8 Å². The Hall–Kier alpha value is -4.33. The van der Waals surface area contributed by atoms with E-state index in [0.29, 0.717) is 37.1 Å². The Morgan fingerprint density at radius 1 is 0.978 bits per heavy atom. The normalized spacial score (nSPS) is 18.2. The summed E-state index contributed by atoms with van der Waals surface area (Å²) in [7, 11) is 0. The molecule has 236 valence electrons. The van der Waals surface area contributed by atoms with Crippen LogP contribution in [0.15, 0.2) is 81.2 Å². The first-order chi connectivity index (χ1) is 21.5. The first-order valence-corrected chi connectivity index (χ1v) is 14.6. The molecule has 4 N–H and O–H groups in total. The first kappa shape index (κ1) is 30.7. The molecule has 1 saturated heterocycles. The zero-order valence-electron chi connectivity index (χ0n) is 24.1. The Morgan fingerprint density at radius 3 is 2.38 bits per heavy atom. The number of benzene rings is 2. The molecule has 9 nitrogen and oxygen atoms in total. The molecular weight excluding hydrogens is 594 g/mol. The Balaban J connectivity index is 1.59. The molecule has 2 aliphatic rings. The fourth-order valence-electron chi connectivity index (χ4n) is 6.45. The number of halogens is 4. The minimum atomic E-state index is -4.91. The van der Waals surface area contributed by atoms with Crippen molar-refractivity contribution < 1.29 is 22.3 Å². The predicted molar refractivity (Wildman–Crippen MR) is 157 cm³/mol. The van der Waals surface area contributed by atoms with Crippen molar-refractivity contribution in [3.05, 3.63) is 137 Å². The number of rotatable bonds is 7. The van der Waals surface area contributed by atoms with Crippen LogP contribution in [0.2, 0.25) is 0 Å². The lowest BCUT2D eigenvalue weighted by molar-refractivity contribution is -0.138. The van der Waals surface area contributed by atoms with Crippen LogP contribution in [0.3, 0.4) is 0 Å². The molecular formula is C32H31F4N5O4. The molecule has 0 amide bonds. The second-order valence-corrected chi connectivity index (χ2v) is 11.4. The van der Waals surface area contributed by atoms with E-state index in [9.17, 15) is 27.6 Å². The van der Waals surface area contributed by atoms with Crippen molar-refractivity contribution in [3.8, 4) is 0 Å². The molecule has 2 aliphatic heterocycles. The van der Waals surface area contributed by atoms with Gasteiger partial charge in [0.25, 0.3) is 5.56 Å². The molecule has 1 unspecified atom stereocenters. The van der Waals surface area contributed by atoms with Crippen molar-refractivity contribution in [2.45, 2.75) is 56.3 Å². The number of alkyl halides is 3. The van der Waals surface area contributed by atoms with Gasteiger partial charge in [0.2, 0.25) is 5.56 Å². The van der Waals surface area contributed by atoms with Crippen LogP contribution in [0.5, 0.6) is 0 Å². The summed E-state index contributed by atoms with van der Waals surface area (Å²) in [4.78, 5) is 42.9. The van der Waals surface area contributed by atoms with Gasteiger partial charge in [-0.05, 0) is 49.2 Å². The molecule has 45 heavy (non-hydrogen) atoms. The lowest BCUT2D eigenvalue weighted by atomic mass is 9.85. The van der Waals surface area contributed by atoms with Crippen LogP contribution < -0.4 is 27.9 Å². The maximum absolute atomic E-state index is 15.2. The Morgan fingerprint density at radius 2 is 1.71 bits per heavy atom. The van der Waals surface area contributed by atoms with Gasteiger partial charge in [-0.15, -0.1) is 0 Å². The number of piperidine rings is 1. The summed E-state index contributed by atoms with van der Waals surface area (Å²) in [6.45, 7) is -0.0997. The summed E-state index contributed by atoms with van der Waals surface area (Å²) in [5, 5.41) is 3.23. The van der Waals surface area contributed by atoms with Gasteiger partial charge in [-0.25, -0.2) is 9.18 Å². The van der Waals surface area contributed by atoms with Gasteiger partial charge >= 0.3 is 11.9 Å². The van der Waals surface area contributed by atoms with Crippen LogP contribution in [-0.4, -0.2) is 27.2 Å². The van der Waals surface area contributed by atoms with Crippen molar-refractivity contribution in [1.29, 1.82) is 0 Å². The fraction of sp³-hybridized carbons (Fsp3) is 0.344. The molecule has 2 atom stereocenters. The van der Waals surface area contributed by atoms with Gasteiger partial charge in [0.05, 0.1) is 29.9 Å². The van der Waals surface area contributed by atoms with Crippen molar-refractivity contribution in [2.75, 3.05) is 13.1 Å². The number of ether oxygens (including phenoxy) is 1. The molecule has 2 aromatic heterocycles. The topological polar surface area (TPSA) is 124 Å². The zero-order chi connectivity index (χ0) is 31.9. The highest BCUT2D eigenvalue weighted by atomic mass is 19.4. The minimum absolute atomic E-state index is 0.0920. The smallest absolute Gasteiger partial charge is 0.360 e. The lowest BCUT2D eigenvalue weighted by Gasteiger charge is -2.34. The van der Waals surface area contributed by atoms with Crippen LogP contribution in [0.25, 0.3) is 0 Å². The van der Waals surface area contributed by atoms with Gasteiger partial charge in [0.15, 0.2) is 0 Å². The molecule has 4 heterocycles. The van der Waals surface area contributed by atoms with E-state index in [2.05, 4.69) is 10.3 Å². The third kappa shape index (κ3) is 5.78. The van der Waals surface area contributed by atoms with Gasteiger partial charge in [-0.1, -0.05) is 42.5 Å². The summed E-state index contributed by atoms with van der Waals surface area (Å²) in [5.74, 6) is -1.14. The average Bonchev–Trinajstić information content (AvgIpc) is 3.31. The number of fused-ring (bicyclic) bond motifs is 2. The standard InChI is InChI=1S/C32H31F4N5O4/c33-23-8-4-7-22(32(34,35)36)21(23)17-40-28-25(15-19-9-10-26(42)39-16-19)45-31(11-13-38-14-12-31)27(28)29(43)41(30(40)44)18-24(37)20-5-2-1-3-6-20/h1-10,16,24-25,38H,11-15,17-18,37H2,(H,39,42)/t24?,25-/m1/s1. The maximum Gasteiger partial charge on any atom is 0.416 e. The molecule has 6 rings (SSSR count). The van der Waals surface area contributed by atoms with E-state index in [0.717, 1.165) is 27.3 Å². The quantitative estimate of drug-likeness (QED) is 0.270. The summed E-state index contributed by atoms with van der Waals surface area (Å²) in [6, 6.07) is 13.5. The number of aromatic nitrogens is 3. The fourth-order valence-corrected chi connectivity index (χ4v) is 6.45. The zero-order valence-corrected chi connectivity index (χ0v) is 24.1. The molecule has 4 aromatic rings. The van der Waals surface area contributed by atoms with Gasteiger partial charge < -0.3 is 20.8 Å². The summed E-state index contributed by atoms with van der Waals surface area (Å²) < 4.78 is 66.1. The third-order valence-electron chi connectivity index (χ3n) is 8.62. The van der Waals surface area contributed by atoms with Crippen LogP contribution in [0.4, 0.5) is 17.6 Å². The van der Waals surface area contributed by atoms with E-state index in [1.807, 2.05) is 0 Å². The van der Waals surface area contributed by atoms with Crippen molar-refractivity contribution in [3.63, 3.8) is 0 Å². The Labute approximate surface area is 254 Å². The predicted octanol–water partition coefficient (Wildman–Crippen LogP) is 3.50. The highest BCUT2D eigenvalue weighted by molar-refractivity contribution is 5.37. The molecule has 13 heteroatoms. The molecule has 2 aromatic carbocycles. The number of hydrogen-bond acceptors (Lipinski definition) is 6. The minimum Gasteiger partial charge on any atom is -0.360 e. The maximum atomic E-state index is 15.2. The number of nitrogens with one attached hydrogen (secondary N) is 2. The second-order valence-electron chi connectivity index (χ2n) is 11.4. The van der Waals surface area contributed by atoms with Gasteiger partial charge in [0, 0.05) is 30.3 Å². The molecule has 1 fully saturated rings. The van der Waals surface area contributed by atoms with Crippen molar-refractivity contribution in [1.82, 2.24) is 19.4 Å². The lowest BCUT2D eigenvalue weighted by Crippen LogP contribution is -2.49. The Kier molecular flexibility index (Phi) is 8.10. The van der Waals surface area contributed by atoms with E-state index in [1.165, 1.54) is 12.3 Å². The molecule has 0 saturated carbocycles. The van der Waals surface area contributed by atoms with E-state index < -0.39 is 58.7 Å². The molecule has 1 spiro atoms.